The van der Waals surface area contributed by atoms with E-state index in [-0.39, 0.29) is 19.4 Å². The highest BCUT2D eigenvalue weighted by Crippen LogP contribution is 2.36. The van der Waals surface area contributed by atoms with Gasteiger partial charge in [-0.1, -0.05) is 177 Å². The fourth-order valence-electron chi connectivity index (χ4n) is 5.35. The van der Waals surface area contributed by atoms with Crippen LogP contribution >= 0.6 is 7.82 Å². The lowest BCUT2D eigenvalue weighted by Gasteiger charge is -2.18. The molecular formula is C43H73O10P. The molecule has 0 bridgehead atoms. The Hall–Kier alpha value is -2.59. The second-order valence-corrected chi connectivity index (χ2v) is 14.9. The molecule has 0 saturated heterocycles. The molecule has 0 aromatic carbocycles. The number of allylic oxidation sites excluding steroid dienone is 8. The van der Waals surface area contributed by atoms with Gasteiger partial charge in [-0.2, -0.15) is 0 Å². The van der Waals surface area contributed by atoms with Crippen LogP contribution in [0.25, 0.3) is 0 Å². The van der Waals surface area contributed by atoms with Crippen molar-refractivity contribution >= 4 is 19.8 Å². The van der Waals surface area contributed by atoms with Crippen LogP contribution in [0.4, 0.5) is 0 Å². The first kappa shape index (κ1) is 51.4. The van der Waals surface area contributed by atoms with E-state index in [9.17, 15) is 24.4 Å². The van der Waals surface area contributed by atoms with Gasteiger partial charge in [-0.3, -0.25) is 14.1 Å². The molecule has 0 aliphatic carbocycles. The normalized spacial score (nSPS) is 14.4. The number of hydrogen-bond donors (Lipinski definition) is 4. The van der Waals surface area contributed by atoms with E-state index >= 15 is 0 Å². The van der Waals surface area contributed by atoms with Crippen LogP contribution in [0.1, 0.15) is 155 Å². The molecule has 0 aromatic heterocycles. The van der Waals surface area contributed by atoms with Gasteiger partial charge in [0, 0.05) is 12.8 Å². The molecule has 310 valence electrons. The van der Waals surface area contributed by atoms with Crippen LogP contribution in [-0.4, -0.2) is 63.5 Å². The van der Waals surface area contributed by atoms with Crippen molar-refractivity contribution in [1.29, 1.82) is 0 Å². The van der Waals surface area contributed by atoms with Gasteiger partial charge < -0.3 is 29.5 Å². The molecular weight excluding hydrogens is 707 g/mol. The highest BCUT2D eigenvalue weighted by atomic mass is 31.2. The number of carbonyl (C=O) groups excluding carboxylic acids is 2. The molecule has 10 nitrogen and oxygen atoms in total. The lowest BCUT2D eigenvalue weighted by molar-refractivity contribution is -0.161. The number of esters is 2. The molecule has 3 atom stereocenters. The van der Waals surface area contributed by atoms with Gasteiger partial charge in [0.15, 0.2) is 6.10 Å². The van der Waals surface area contributed by atoms with Gasteiger partial charge in [-0.05, 0) is 38.5 Å². The lowest BCUT2D eigenvalue weighted by Crippen LogP contribution is -2.29. The third-order valence-corrected chi connectivity index (χ3v) is 8.90. The van der Waals surface area contributed by atoms with Crippen LogP contribution in [0.15, 0.2) is 72.9 Å². The van der Waals surface area contributed by atoms with Crippen LogP contribution in [0, 0.1) is 0 Å². The van der Waals surface area contributed by atoms with E-state index < -0.39 is 44.7 Å². The molecule has 0 aliphatic heterocycles. The van der Waals surface area contributed by atoms with E-state index in [1.165, 1.54) is 70.6 Å². The quantitative estimate of drug-likeness (QED) is 0.0158. The monoisotopic (exact) mass is 780 g/mol. The summed E-state index contributed by atoms with van der Waals surface area (Å²) in [6, 6.07) is 0. The minimum atomic E-state index is -4.81. The maximum Gasteiger partial charge on any atom is 0.469 e. The van der Waals surface area contributed by atoms with E-state index in [0.29, 0.717) is 32.1 Å². The Morgan fingerprint density at radius 1 is 0.611 bits per heavy atom. The van der Waals surface area contributed by atoms with Crippen LogP contribution in [0.5, 0.6) is 0 Å². The van der Waals surface area contributed by atoms with Crippen molar-refractivity contribution in [1.82, 2.24) is 0 Å². The van der Waals surface area contributed by atoms with Gasteiger partial charge in [-0.25, -0.2) is 4.57 Å². The first-order valence-corrected chi connectivity index (χ1v) is 22.0. The largest absolute Gasteiger partial charge is 0.469 e. The number of phosphoric acid groups is 1. The van der Waals surface area contributed by atoms with Gasteiger partial charge in [0.25, 0.3) is 0 Å². The average molecular weight is 781 g/mol. The second kappa shape index (κ2) is 37.3. The predicted octanol–water partition coefficient (Wildman–Crippen LogP) is 10.2. The summed E-state index contributed by atoms with van der Waals surface area (Å²) in [6.07, 6.45) is 41.2. The molecule has 0 unspecified atom stereocenters. The fourth-order valence-corrected chi connectivity index (χ4v) is 5.71. The van der Waals surface area contributed by atoms with Crippen LogP contribution in [-0.2, 0) is 28.2 Å². The second-order valence-electron chi connectivity index (χ2n) is 13.6. The number of rotatable bonds is 36. The molecule has 0 heterocycles. The van der Waals surface area contributed by atoms with Crippen LogP contribution in [0.3, 0.4) is 0 Å². The Morgan fingerprint density at radius 2 is 1.17 bits per heavy atom. The highest BCUT2D eigenvalue weighted by Gasteiger charge is 2.22. The summed E-state index contributed by atoms with van der Waals surface area (Å²) in [5, 5.41) is 19.9. The standard InChI is InChI=1S/C43H73O10P/c1-3-5-7-8-9-10-11-12-13-14-15-16-20-23-29-35-42(46)51-37-41(38-52-54(48,49)50)53-43(47)36-30-24-28-34-40(45)33-27-22-19-17-18-21-26-32-39(44)31-25-6-4-2/h6,18-19,21-22,25-28,32-34,39-41,44-45H,3-5,7-17,20,23-24,29-31,35-38H2,1-2H3,(H2,48,49,50)/b21-18-,22-19-,25-6-,32-26+,33-27+,34-28-/t39-,40-,41+/m0/s1. The Morgan fingerprint density at radius 3 is 1.74 bits per heavy atom. The molecule has 0 amide bonds. The summed E-state index contributed by atoms with van der Waals surface area (Å²) in [7, 11) is -4.81. The Kier molecular flexibility index (Phi) is 35.5. The van der Waals surface area contributed by atoms with Crippen molar-refractivity contribution in [2.45, 2.75) is 173 Å². The zero-order valence-corrected chi connectivity index (χ0v) is 34.2. The predicted molar refractivity (Wildman–Crippen MR) is 219 cm³/mol. The molecule has 54 heavy (non-hydrogen) atoms. The van der Waals surface area contributed by atoms with Crippen LogP contribution in [0.2, 0.25) is 0 Å². The van der Waals surface area contributed by atoms with Gasteiger partial charge in [0.1, 0.15) is 6.61 Å². The van der Waals surface area contributed by atoms with E-state index in [4.69, 9.17) is 19.3 Å². The molecule has 4 N–H and O–H groups in total. The maximum atomic E-state index is 12.4. The maximum absolute atomic E-state index is 12.4. The minimum Gasteiger partial charge on any atom is -0.462 e. The Bertz CT molecular complexity index is 1140. The van der Waals surface area contributed by atoms with Gasteiger partial charge in [-0.15, -0.1) is 0 Å². The number of aliphatic hydroxyl groups is 2. The minimum absolute atomic E-state index is 0.0239. The summed E-state index contributed by atoms with van der Waals surface area (Å²) in [6.45, 7) is 3.33. The molecule has 0 saturated carbocycles. The van der Waals surface area contributed by atoms with E-state index in [1.807, 2.05) is 42.5 Å². The number of aliphatic hydroxyl groups excluding tert-OH is 2. The summed E-state index contributed by atoms with van der Waals surface area (Å²) in [4.78, 5) is 42.8. The molecule has 0 rings (SSSR count). The van der Waals surface area contributed by atoms with E-state index in [1.54, 1.807) is 30.4 Å². The Balaban J connectivity index is 4.21. The van der Waals surface area contributed by atoms with Crippen molar-refractivity contribution in [2.24, 2.45) is 0 Å². The van der Waals surface area contributed by atoms with E-state index in [0.717, 1.165) is 25.7 Å². The molecule has 0 fully saturated rings. The average Bonchev–Trinajstić information content (AvgIpc) is 3.13. The highest BCUT2D eigenvalue weighted by molar-refractivity contribution is 7.46. The van der Waals surface area contributed by atoms with Crippen molar-refractivity contribution < 1.29 is 48.2 Å². The topological polar surface area (TPSA) is 160 Å². The molecule has 0 aromatic rings. The summed E-state index contributed by atoms with van der Waals surface area (Å²) < 4.78 is 26.2. The first-order chi connectivity index (χ1) is 26.1. The van der Waals surface area contributed by atoms with E-state index in [2.05, 4.69) is 18.4 Å². The van der Waals surface area contributed by atoms with Gasteiger partial charge in [0.05, 0.1) is 18.8 Å². The third-order valence-electron chi connectivity index (χ3n) is 8.41. The first-order valence-electron chi connectivity index (χ1n) is 20.5. The number of hydrogen-bond acceptors (Lipinski definition) is 8. The van der Waals surface area contributed by atoms with Gasteiger partial charge >= 0.3 is 19.8 Å². The SMILES string of the molecule is CC/C=C\C[C@H](O)/C=C/C=C\C/C=C\C=C\[C@H](O)/C=C\CCCC(=O)O[C@H](COC(=O)CCCCCCCCCCCCCCCCC)COP(=O)(O)O. The molecule has 0 aliphatic rings. The van der Waals surface area contributed by atoms with Gasteiger partial charge in [0.2, 0.25) is 0 Å². The van der Waals surface area contributed by atoms with Crippen molar-refractivity contribution in [2.75, 3.05) is 13.2 Å². The van der Waals surface area contributed by atoms with Crippen LogP contribution < -0.4 is 0 Å². The lowest BCUT2D eigenvalue weighted by atomic mass is 10.0. The summed E-state index contributed by atoms with van der Waals surface area (Å²) in [5.41, 5.74) is 0. The zero-order valence-electron chi connectivity index (χ0n) is 33.3. The summed E-state index contributed by atoms with van der Waals surface area (Å²) in [5.74, 6) is -1.07. The number of carbonyl (C=O) groups is 2. The molecule has 0 spiro atoms. The van der Waals surface area contributed by atoms with Crippen molar-refractivity contribution in [3.63, 3.8) is 0 Å². The van der Waals surface area contributed by atoms with Crippen molar-refractivity contribution in [3.8, 4) is 0 Å². The van der Waals surface area contributed by atoms with Crippen molar-refractivity contribution in [3.05, 3.63) is 72.9 Å². The zero-order chi connectivity index (χ0) is 40.0. The molecule has 0 radical (unpaired) electrons. The number of ether oxygens (including phenoxy) is 2. The Labute approximate surface area is 326 Å². The fraction of sp³-hybridized carbons (Fsp3) is 0.674. The number of phosphoric ester groups is 1. The molecule has 11 heteroatoms. The number of unbranched alkanes of at least 4 members (excludes halogenated alkanes) is 15. The summed E-state index contributed by atoms with van der Waals surface area (Å²) >= 11 is 0. The smallest absolute Gasteiger partial charge is 0.462 e. The third kappa shape index (κ3) is 39.1.